The molecule has 2 aliphatic heterocycles. The zero-order valence-corrected chi connectivity index (χ0v) is 44.8. The number of fused-ring (bicyclic) bond motifs is 1. The molecule has 4 heterocycles. The summed E-state index contributed by atoms with van der Waals surface area (Å²) in [5, 5.41) is 21.6. The maximum absolute atomic E-state index is 10.4. The molecular formula is C61H86N10O3. The Labute approximate surface area is 442 Å². The predicted molar refractivity (Wildman–Crippen MR) is 306 cm³/mol. The second kappa shape index (κ2) is 32.5. The van der Waals surface area contributed by atoms with E-state index >= 15 is 0 Å². The minimum Gasteiger partial charge on any atom is -0.494 e. The van der Waals surface area contributed by atoms with Crippen LogP contribution in [0.4, 0.5) is 11.4 Å². The van der Waals surface area contributed by atoms with E-state index in [0.29, 0.717) is 5.82 Å². The number of piperidine rings is 1. The third-order valence-corrected chi connectivity index (χ3v) is 14.4. The minimum absolute atomic E-state index is 0.248. The first kappa shape index (κ1) is 58.2. The first-order chi connectivity index (χ1) is 36.2. The average Bonchev–Trinajstić information content (AvgIpc) is 4.08. The zero-order chi connectivity index (χ0) is 52.8. The van der Waals surface area contributed by atoms with E-state index in [1.54, 1.807) is 12.4 Å². The molecule has 3 aromatic carbocycles. The Balaban J connectivity index is 0.000000350. The Morgan fingerprint density at radius 2 is 1.49 bits per heavy atom. The number of nitrogens with zero attached hydrogens (tertiary/aromatic N) is 4. The summed E-state index contributed by atoms with van der Waals surface area (Å²) < 4.78 is 6.10. The van der Waals surface area contributed by atoms with Gasteiger partial charge in [0.15, 0.2) is 11.6 Å². The van der Waals surface area contributed by atoms with Gasteiger partial charge in [-0.2, -0.15) is 5.10 Å². The molecule has 0 radical (unpaired) electrons. The van der Waals surface area contributed by atoms with Crippen LogP contribution in [0.15, 0.2) is 123 Å². The minimum atomic E-state index is -0.329. The van der Waals surface area contributed by atoms with Crippen molar-refractivity contribution in [1.29, 1.82) is 0 Å². The van der Waals surface area contributed by atoms with Crippen molar-refractivity contribution in [3.05, 3.63) is 151 Å². The number of carbonyl (C=O) groups excluding carboxylic acids is 2. The van der Waals surface area contributed by atoms with Crippen molar-refractivity contribution in [2.45, 2.75) is 147 Å². The second-order valence-corrected chi connectivity index (χ2v) is 19.5. The van der Waals surface area contributed by atoms with Gasteiger partial charge in [0.25, 0.3) is 0 Å². The molecule has 2 aliphatic rings. The standard InChI is InChI=1S/C42H58N6O2.C18H25N3.CH3NO/c1-34(35-19-21-39(22-20-35)50-32-15-13-11-9-7-5-3-2-4-6-8-10-12-14-31-49)37-17-16-18-38(33-37)46-42(25-29-44-30-26-42)41-45-40(47-48-41)36-23-27-43-28-24-36;1-6-15(11-10-13(2)19-4)21-12-17-16(14(21)3)8-7-9-18(17)20-5;2-1-3/h16-24,27-28,31,33-34,44,46H,2-15,25-26,29-30,32H2,1H3,(H,45,47,48);6-9,15,19-20H,1-3,10-12H2,4-5H3;1H,(H2,2,3). The first-order valence-electron chi connectivity index (χ1n) is 27.2. The van der Waals surface area contributed by atoms with E-state index < -0.39 is 0 Å². The van der Waals surface area contributed by atoms with Gasteiger partial charge in [0.1, 0.15) is 12.0 Å². The van der Waals surface area contributed by atoms with Crippen LogP contribution in [0.3, 0.4) is 0 Å². The highest BCUT2D eigenvalue weighted by atomic mass is 16.5. The van der Waals surface area contributed by atoms with Crippen molar-refractivity contribution >= 4 is 29.8 Å². The number of anilines is 2. The Morgan fingerprint density at radius 3 is 2.11 bits per heavy atom. The summed E-state index contributed by atoms with van der Waals surface area (Å²) in [7, 11) is 3.87. The molecule has 0 aliphatic carbocycles. The van der Waals surface area contributed by atoms with E-state index in [0.717, 1.165) is 112 Å². The van der Waals surface area contributed by atoms with E-state index in [4.69, 9.17) is 14.5 Å². The Kier molecular flexibility index (Phi) is 25.5. The molecule has 0 bridgehead atoms. The fourth-order valence-electron chi connectivity index (χ4n) is 9.90. The van der Waals surface area contributed by atoms with Crippen molar-refractivity contribution in [3.63, 3.8) is 0 Å². The SMILES string of the molecule is C=CC(CCC(=C)NC)N1Cc2c(NC)cccc2C1=C.CC(c1ccc(OCCCCCCCCCCCCCCCC=O)cc1)c1cccc(NC2(c3nc(-c4ccncc4)n[nH]3)CCNCC2)c1.NC=O. The van der Waals surface area contributed by atoms with Gasteiger partial charge < -0.3 is 41.4 Å². The van der Waals surface area contributed by atoms with Crippen LogP contribution in [0, 0.1) is 0 Å². The number of aromatic nitrogens is 4. The van der Waals surface area contributed by atoms with Crippen LogP contribution in [-0.2, 0) is 21.7 Å². The topological polar surface area (TPSA) is 175 Å². The van der Waals surface area contributed by atoms with E-state index in [2.05, 4.69) is 140 Å². The number of aromatic amines is 1. The number of benzene rings is 3. The molecule has 398 valence electrons. The number of primary amides is 1. The molecule has 1 fully saturated rings. The number of nitrogens with two attached hydrogens (primary N) is 1. The number of aldehydes is 1. The smallest absolute Gasteiger partial charge is 0.204 e. The number of rotatable bonds is 30. The first-order valence-corrected chi connectivity index (χ1v) is 27.2. The Hall–Kier alpha value is -6.73. The third kappa shape index (κ3) is 18.0. The Bertz CT molecular complexity index is 2430. The highest BCUT2D eigenvalue weighted by molar-refractivity contribution is 5.75. The third-order valence-electron chi connectivity index (χ3n) is 14.4. The lowest BCUT2D eigenvalue weighted by molar-refractivity contribution is -0.108. The largest absolute Gasteiger partial charge is 0.494 e. The fourth-order valence-corrected chi connectivity index (χ4v) is 9.90. The average molecular weight is 1010 g/mol. The second-order valence-electron chi connectivity index (χ2n) is 19.5. The molecule has 0 spiro atoms. The molecule has 2 atom stereocenters. The van der Waals surface area contributed by atoms with Crippen molar-refractivity contribution in [2.24, 2.45) is 5.73 Å². The molecule has 7 rings (SSSR count). The number of hydrogen-bond donors (Lipinski definition) is 6. The van der Waals surface area contributed by atoms with Crippen LogP contribution in [0.2, 0.25) is 0 Å². The quantitative estimate of drug-likeness (QED) is 0.0147. The van der Waals surface area contributed by atoms with Crippen LogP contribution in [0.25, 0.3) is 17.1 Å². The van der Waals surface area contributed by atoms with Crippen molar-refractivity contribution < 1.29 is 14.3 Å². The number of H-pyrrole nitrogens is 1. The van der Waals surface area contributed by atoms with Gasteiger partial charge in [-0.15, -0.1) is 6.58 Å². The number of pyridine rings is 1. The fraction of sp³-hybridized carbons (Fsp3) is 0.459. The lowest BCUT2D eigenvalue weighted by atomic mass is 9.86. The van der Waals surface area contributed by atoms with Gasteiger partial charge >= 0.3 is 0 Å². The number of nitrogens with one attached hydrogen (secondary N) is 5. The van der Waals surface area contributed by atoms with Gasteiger partial charge in [0.2, 0.25) is 6.41 Å². The molecule has 1 saturated heterocycles. The summed E-state index contributed by atoms with van der Waals surface area (Å²) in [4.78, 5) is 30.3. The van der Waals surface area contributed by atoms with Gasteiger partial charge in [-0.1, -0.05) is 133 Å². The van der Waals surface area contributed by atoms with Crippen LogP contribution in [0.5, 0.6) is 5.75 Å². The number of allylic oxidation sites excluding steroid dienone is 1. The lowest BCUT2D eigenvalue weighted by Gasteiger charge is -2.37. The van der Waals surface area contributed by atoms with Crippen molar-refractivity contribution in [2.75, 3.05) is 44.4 Å². The van der Waals surface area contributed by atoms with E-state index in [1.165, 1.54) is 98.6 Å². The highest BCUT2D eigenvalue weighted by Crippen LogP contribution is 2.39. The van der Waals surface area contributed by atoms with Gasteiger partial charge in [-0.3, -0.25) is 14.9 Å². The summed E-state index contributed by atoms with van der Waals surface area (Å²) in [5.74, 6) is 2.77. The Morgan fingerprint density at radius 1 is 0.851 bits per heavy atom. The summed E-state index contributed by atoms with van der Waals surface area (Å²) in [6.45, 7) is 18.0. The van der Waals surface area contributed by atoms with E-state index in [1.807, 2.05) is 32.3 Å². The monoisotopic (exact) mass is 1010 g/mol. The van der Waals surface area contributed by atoms with Crippen LogP contribution in [0.1, 0.15) is 156 Å². The summed E-state index contributed by atoms with van der Waals surface area (Å²) >= 11 is 0. The van der Waals surface area contributed by atoms with Gasteiger partial charge in [0.05, 0.1) is 12.1 Å². The van der Waals surface area contributed by atoms with Gasteiger partial charge in [-0.05, 0) is 105 Å². The number of amides is 1. The predicted octanol–water partition coefficient (Wildman–Crippen LogP) is 12.4. The van der Waals surface area contributed by atoms with Crippen LogP contribution >= 0.6 is 0 Å². The molecule has 5 aromatic rings. The number of carbonyl (C=O) groups is 2. The maximum atomic E-state index is 10.4. The zero-order valence-electron chi connectivity index (χ0n) is 44.8. The van der Waals surface area contributed by atoms with Crippen LogP contribution < -0.4 is 31.7 Å². The molecule has 0 saturated carbocycles. The number of ether oxygens (including phenoxy) is 1. The van der Waals surface area contributed by atoms with Crippen molar-refractivity contribution in [1.82, 2.24) is 35.7 Å². The van der Waals surface area contributed by atoms with Gasteiger partial charge in [-0.25, -0.2) is 4.98 Å². The lowest BCUT2D eigenvalue weighted by Crippen LogP contribution is -2.46. The molecule has 13 nitrogen and oxygen atoms in total. The normalized spacial score (nSPS) is 14.2. The number of unbranched alkanes of at least 4 members (excludes halogenated alkanes) is 13. The van der Waals surface area contributed by atoms with Gasteiger partial charge in [0, 0.05) is 90.9 Å². The van der Waals surface area contributed by atoms with Crippen LogP contribution in [-0.4, -0.2) is 77.6 Å². The van der Waals surface area contributed by atoms with E-state index in [-0.39, 0.29) is 23.9 Å². The van der Waals surface area contributed by atoms with E-state index in [9.17, 15) is 4.79 Å². The number of hydrogen-bond acceptors (Lipinski definition) is 11. The molecule has 1 amide bonds. The summed E-state index contributed by atoms with van der Waals surface area (Å²) in [6, 6.07) is 27.9. The molecule has 2 unspecified atom stereocenters. The summed E-state index contributed by atoms with van der Waals surface area (Å²) in [6.07, 6.45) is 28.0. The van der Waals surface area contributed by atoms with Crippen molar-refractivity contribution in [3.8, 4) is 17.1 Å². The highest BCUT2D eigenvalue weighted by Gasteiger charge is 2.37. The molecule has 13 heteroatoms. The molecule has 74 heavy (non-hydrogen) atoms. The molecule has 2 aromatic heterocycles. The molecule has 7 N–H and O–H groups in total. The maximum Gasteiger partial charge on any atom is 0.204 e. The molecular weight excluding hydrogens is 921 g/mol. The summed E-state index contributed by atoms with van der Waals surface area (Å²) in [5.41, 5.74) is 14.3.